The number of carbonyl (C=O) groups is 1. The SMILES string of the molecule is CN(CC(=O)Nc1ccc2c(c1)OCO2)C1CCCCC1. The molecule has 1 aromatic rings. The minimum absolute atomic E-state index is 0.0157. The van der Waals surface area contributed by atoms with Crippen LogP contribution in [-0.4, -0.2) is 37.2 Å². The first-order valence-electron chi connectivity index (χ1n) is 7.62. The van der Waals surface area contributed by atoms with Crippen LogP contribution >= 0.6 is 0 Å². The second kappa shape index (κ2) is 6.35. The molecule has 2 aliphatic rings. The van der Waals surface area contributed by atoms with Crippen molar-refractivity contribution in [2.75, 3.05) is 25.7 Å². The summed E-state index contributed by atoms with van der Waals surface area (Å²) in [5.41, 5.74) is 0.751. The van der Waals surface area contributed by atoms with E-state index in [1.807, 2.05) is 19.2 Å². The number of benzene rings is 1. The van der Waals surface area contributed by atoms with E-state index in [0.717, 1.165) is 11.4 Å². The second-order valence-corrected chi connectivity index (χ2v) is 5.82. The van der Waals surface area contributed by atoms with E-state index in [2.05, 4.69) is 10.2 Å². The number of carbonyl (C=O) groups excluding carboxylic acids is 1. The largest absolute Gasteiger partial charge is 0.454 e. The first-order chi connectivity index (χ1) is 10.2. The summed E-state index contributed by atoms with van der Waals surface area (Å²) in [4.78, 5) is 14.3. The Morgan fingerprint density at radius 1 is 1.24 bits per heavy atom. The van der Waals surface area contributed by atoms with Crippen molar-refractivity contribution in [1.82, 2.24) is 4.90 Å². The summed E-state index contributed by atoms with van der Waals surface area (Å²) in [6, 6.07) is 6.01. The Balaban J connectivity index is 1.53. The Hall–Kier alpha value is -1.75. The number of hydrogen-bond donors (Lipinski definition) is 1. The highest BCUT2D eigenvalue weighted by Gasteiger charge is 2.20. The van der Waals surface area contributed by atoms with Crippen LogP contribution in [0, 0.1) is 0 Å². The zero-order chi connectivity index (χ0) is 14.7. The van der Waals surface area contributed by atoms with Crippen LogP contribution in [0.3, 0.4) is 0 Å². The fourth-order valence-electron chi connectivity index (χ4n) is 3.05. The molecule has 5 nitrogen and oxygen atoms in total. The summed E-state index contributed by atoms with van der Waals surface area (Å²) < 4.78 is 10.6. The van der Waals surface area contributed by atoms with Gasteiger partial charge < -0.3 is 14.8 Å². The van der Waals surface area contributed by atoms with Crippen LogP contribution in [0.1, 0.15) is 32.1 Å². The molecular weight excluding hydrogens is 268 g/mol. The van der Waals surface area contributed by atoms with Gasteiger partial charge >= 0.3 is 0 Å². The molecule has 1 heterocycles. The molecular formula is C16H22N2O3. The first kappa shape index (κ1) is 14.2. The molecule has 1 saturated carbocycles. The number of nitrogens with one attached hydrogen (secondary N) is 1. The number of nitrogens with zero attached hydrogens (tertiary/aromatic N) is 1. The highest BCUT2D eigenvalue weighted by molar-refractivity contribution is 5.92. The summed E-state index contributed by atoms with van der Waals surface area (Å²) in [6.07, 6.45) is 6.28. The molecule has 1 aromatic carbocycles. The van der Waals surface area contributed by atoms with E-state index < -0.39 is 0 Å². The normalized spacial score (nSPS) is 18.0. The van der Waals surface area contributed by atoms with Gasteiger partial charge in [-0.25, -0.2) is 0 Å². The molecule has 0 aromatic heterocycles. The third-order valence-corrected chi connectivity index (χ3v) is 4.25. The number of amides is 1. The number of anilines is 1. The lowest BCUT2D eigenvalue weighted by Crippen LogP contribution is -2.39. The van der Waals surface area contributed by atoms with E-state index in [1.165, 1.54) is 32.1 Å². The average molecular weight is 290 g/mol. The van der Waals surface area contributed by atoms with Gasteiger partial charge in [-0.1, -0.05) is 19.3 Å². The van der Waals surface area contributed by atoms with Gasteiger partial charge in [0.15, 0.2) is 11.5 Å². The predicted octanol–water partition coefficient (Wildman–Crippen LogP) is 2.62. The molecule has 0 radical (unpaired) electrons. The maximum atomic E-state index is 12.1. The Morgan fingerprint density at radius 2 is 2.00 bits per heavy atom. The molecule has 5 heteroatoms. The van der Waals surface area contributed by atoms with Crippen LogP contribution in [-0.2, 0) is 4.79 Å². The van der Waals surface area contributed by atoms with Crippen LogP contribution in [0.4, 0.5) is 5.69 Å². The van der Waals surface area contributed by atoms with E-state index in [9.17, 15) is 4.79 Å². The van der Waals surface area contributed by atoms with E-state index in [-0.39, 0.29) is 12.7 Å². The molecule has 1 aliphatic heterocycles. The maximum Gasteiger partial charge on any atom is 0.238 e. The Morgan fingerprint density at radius 3 is 2.81 bits per heavy atom. The van der Waals surface area contributed by atoms with Gasteiger partial charge in [-0.05, 0) is 32.0 Å². The topological polar surface area (TPSA) is 50.8 Å². The van der Waals surface area contributed by atoms with Crippen LogP contribution in [0.2, 0.25) is 0 Å². The van der Waals surface area contributed by atoms with Crippen molar-refractivity contribution in [3.8, 4) is 11.5 Å². The quantitative estimate of drug-likeness (QED) is 0.926. The molecule has 1 amide bonds. The standard InChI is InChI=1S/C16H22N2O3/c1-18(13-5-3-2-4-6-13)10-16(19)17-12-7-8-14-15(9-12)21-11-20-14/h7-9,13H,2-6,10-11H2,1H3,(H,17,19). The smallest absolute Gasteiger partial charge is 0.238 e. The highest BCUT2D eigenvalue weighted by atomic mass is 16.7. The minimum Gasteiger partial charge on any atom is -0.454 e. The van der Waals surface area contributed by atoms with Crippen molar-refractivity contribution >= 4 is 11.6 Å². The summed E-state index contributed by atoms with van der Waals surface area (Å²) in [7, 11) is 2.04. The number of ether oxygens (including phenoxy) is 2. The molecule has 1 fully saturated rings. The molecule has 0 saturated heterocycles. The summed E-state index contributed by atoms with van der Waals surface area (Å²) in [5, 5.41) is 2.93. The average Bonchev–Trinajstić information content (AvgIpc) is 2.95. The fraction of sp³-hybridized carbons (Fsp3) is 0.562. The Bertz CT molecular complexity index is 512. The zero-order valence-electron chi connectivity index (χ0n) is 12.4. The van der Waals surface area contributed by atoms with Gasteiger partial charge in [0.2, 0.25) is 12.7 Å². The van der Waals surface area contributed by atoms with Gasteiger partial charge in [0.25, 0.3) is 0 Å². The number of likely N-dealkylation sites (N-methyl/N-ethyl adjacent to an activating group) is 1. The number of hydrogen-bond acceptors (Lipinski definition) is 4. The number of rotatable bonds is 4. The van der Waals surface area contributed by atoms with Gasteiger partial charge in [-0.3, -0.25) is 9.69 Å². The monoisotopic (exact) mass is 290 g/mol. The Labute approximate surface area is 125 Å². The van der Waals surface area contributed by atoms with Crippen molar-refractivity contribution in [2.45, 2.75) is 38.1 Å². The molecule has 0 bridgehead atoms. The lowest BCUT2D eigenvalue weighted by Gasteiger charge is -2.30. The highest BCUT2D eigenvalue weighted by Crippen LogP contribution is 2.34. The maximum absolute atomic E-state index is 12.1. The summed E-state index contributed by atoms with van der Waals surface area (Å²) in [6.45, 7) is 0.677. The third-order valence-electron chi connectivity index (χ3n) is 4.25. The van der Waals surface area contributed by atoms with E-state index in [0.29, 0.717) is 18.3 Å². The van der Waals surface area contributed by atoms with Crippen LogP contribution in [0.5, 0.6) is 11.5 Å². The molecule has 0 atom stereocenters. The summed E-state index contributed by atoms with van der Waals surface area (Å²) in [5.74, 6) is 1.43. The first-order valence-corrected chi connectivity index (χ1v) is 7.62. The molecule has 114 valence electrons. The molecule has 1 N–H and O–H groups in total. The molecule has 21 heavy (non-hydrogen) atoms. The predicted molar refractivity (Wildman–Crippen MR) is 80.7 cm³/mol. The molecule has 3 rings (SSSR count). The van der Waals surface area contributed by atoms with Gasteiger partial charge in [-0.15, -0.1) is 0 Å². The van der Waals surface area contributed by atoms with Crippen molar-refractivity contribution in [1.29, 1.82) is 0 Å². The lowest BCUT2D eigenvalue weighted by atomic mass is 9.94. The Kier molecular flexibility index (Phi) is 4.29. The van der Waals surface area contributed by atoms with Crippen LogP contribution in [0.15, 0.2) is 18.2 Å². The minimum atomic E-state index is 0.0157. The van der Waals surface area contributed by atoms with Crippen LogP contribution in [0.25, 0.3) is 0 Å². The number of fused-ring (bicyclic) bond motifs is 1. The molecule has 0 spiro atoms. The van der Waals surface area contributed by atoms with Crippen molar-refractivity contribution in [3.05, 3.63) is 18.2 Å². The van der Waals surface area contributed by atoms with Crippen LogP contribution < -0.4 is 14.8 Å². The van der Waals surface area contributed by atoms with Gasteiger partial charge in [0, 0.05) is 17.8 Å². The third kappa shape index (κ3) is 3.47. The fourth-order valence-corrected chi connectivity index (χ4v) is 3.05. The van der Waals surface area contributed by atoms with Crippen molar-refractivity contribution in [3.63, 3.8) is 0 Å². The van der Waals surface area contributed by atoms with Crippen molar-refractivity contribution < 1.29 is 14.3 Å². The van der Waals surface area contributed by atoms with E-state index in [1.54, 1.807) is 6.07 Å². The summed E-state index contributed by atoms with van der Waals surface area (Å²) >= 11 is 0. The van der Waals surface area contributed by atoms with E-state index >= 15 is 0 Å². The van der Waals surface area contributed by atoms with E-state index in [4.69, 9.17) is 9.47 Å². The molecule has 1 aliphatic carbocycles. The van der Waals surface area contributed by atoms with Gasteiger partial charge in [0.1, 0.15) is 0 Å². The van der Waals surface area contributed by atoms with Crippen molar-refractivity contribution in [2.24, 2.45) is 0 Å². The second-order valence-electron chi connectivity index (χ2n) is 5.82. The molecule has 0 unspecified atom stereocenters. The van der Waals surface area contributed by atoms with Gasteiger partial charge in [-0.2, -0.15) is 0 Å². The van der Waals surface area contributed by atoms with Gasteiger partial charge in [0.05, 0.1) is 6.54 Å². The lowest BCUT2D eigenvalue weighted by molar-refractivity contribution is -0.117. The zero-order valence-corrected chi connectivity index (χ0v) is 12.4.